The minimum absolute atomic E-state index is 0.0594. The lowest BCUT2D eigenvalue weighted by Gasteiger charge is -2.60. The molecule has 0 aromatic rings. The molecule has 4 aliphatic carbocycles. The molecule has 27 atom stereocenters. The van der Waals surface area contributed by atoms with E-state index in [0.717, 1.165) is 31.3 Å². The molecule has 0 unspecified atom stereocenters. The van der Waals surface area contributed by atoms with Gasteiger partial charge in [-0.1, -0.05) is 39.3 Å². The predicted octanol–water partition coefficient (Wildman–Crippen LogP) is -1.86. The van der Waals surface area contributed by atoms with Gasteiger partial charge in [0, 0.05) is 24.2 Å². The van der Waals surface area contributed by atoms with Crippen LogP contribution in [-0.4, -0.2) is 197 Å². The maximum absolute atomic E-state index is 12.2. The lowest BCUT2D eigenvalue weighted by Crippen LogP contribution is -2.64. The van der Waals surface area contributed by atoms with E-state index in [2.05, 4.69) is 26.8 Å². The van der Waals surface area contributed by atoms with E-state index in [-0.39, 0.29) is 53.6 Å². The molecule has 368 valence electrons. The van der Waals surface area contributed by atoms with Crippen molar-refractivity contribution in [3.05, 3.63) is 11.6 Å². The molecule has 4 aliphatic heterocycles. The number of hydrogen-bond donors (Lipinski definition) is 12. The number of hydrogen-bond acceptors (Lipinski definition) is 19. The van der Waals surface area contributed by atoms with Gasteiger partial charge in [-0.25, -0.2) is 0 Å². The number of ether oxygens (including phenoxy) is 7. The topological polar surface area (TPSA) is 307 Å². The summed E-state index contributed by atoms with van der Waals surface area (Å²) in [6.07, 6.45) is -15.6. The van der Waals surface area contributed by atoms with Crippen LogP contribution in [0.4, 0.5) is 0 Å². The van der Waals surface area contributed by atoms with Crippen molar-refractivity contribution in [1.29, 1.82) is 0 Å². The number of rotatable bonds is 12. The summed E-state index contributed by atoms with van der Waals surface area (Å²) in [5, 5.41) is 127. The Bertz CT molecular complexity index is 1640. The molecule has 0 radical (unpaired) electrons. The molecular formula is C45H74O19. The van der Waals surface area contributed by atoms with Crippen molar-refractivity contribution >= 4 is 0 Å². The second kappa shape index (κ2) is 18.7. The van der Waals surface area contributed by atoms with Gasteiger partial charge in [0.25, 0.3) is 0 Å². The van der Waals surface area contributed by atoms with Gasteiger partial charge >= 0.3 is 0 Å². The summed E-state index contributed by atoms with van der Waals surface area (Å²) in [5.74, 6) is -1.01. The van der Waals surface area contributed by atoms with Gasteiger partial charge in [-0.15, -0.1) is 0 Å². The monoisotopic (exact) mass is 918 g/mol. The molecule has 0 amide bonds. The van der Waals surface area contributed by atoms with Crippen LogP contribution in [0.1, 0.15) is 86.0 Å². The van der Waals surface area contributed by atoms with Crippen LogP contribution in [0.25, 0.3) is 0 Å². The second-order valence-electron chi connectivity index (χ2n) is 21.1. The van der Waals surface area contributed by atoms with Crippen LogP contribution in [0.5, 0.6) is 0 Å². The number of aliphatic hydroxyl groups is 12. The summed E-state index contributed by atoms with van der Waals surface area (Å²) >= 11 is 0. The van der Waals surface area contributed by atoms with Crippen LogP contribution in [0.15, 0.2) is 11.6 Å². The fourth-order valence-corrected chi connectivity index (χ4v) is 13.6. The first-order chi connectivity index (χ1) is 30.2. The molecule has 8 rings (SSSR count). The zero-order valence-electron chi connectivity index (χ0n) is 37.4. The summed E-state index contributed by atoms with van der Waals surface area (Å²) in [6, 6.07) is 0. The minimum atomic E-state index is -1.69. The van der Waals surface area contributed by atoms with Gasteiger partial charge in [0.05, 0.1) is 44.2 Å². The third-order valence-electron chi connectivity index (χ3n) is 17.4. The highest BCUT2D eigenvalue weighted by atomic mass is 16.8. The van der Waals surface area contributed by atoms with E-state index in [1.54, 1.807) is 0 Å². The Balaban J connectivity index is 0.904. The molecule has 19 nitrogen and oxygen atoms in total. The largest absolute Gasteiger partial charge is 0.394 e. The van der Waals surface area contributed by atoms with E-state index in [1.807, 2.05) is 6.92 Å². The van der Waals surface area contributed by atoms with E-state index >= 15 is 0 Å². The molecule has 0 aromatic heterocycles. The molecule has 64 heavy (non-hydrogen) atoms. The summed E-state index contributed by atoms with van der Waals surface area (Å²) in [7, 11) is 0. The Kier molecular flexibility index (Phi) is 14.4. The smallest absolute Gasteiger partial charge is 0.187 e. The van der Waals surface area contributed by atoms with Gasteiger partial charge in [-0.2, -0.15) is 0 Å². The number of aliphatic hydroxyl groups excluding tert-OH is 11. The summed E-state index contributed by atoms with van der Waals surface area (Å²) < 4.78 is 42.3. The third kappa shape index (κ3) is 8.36. The van der Waals surface area contributed by atoms with E-state index in [4.69, 9.17) is 33.2 Å². The van der Waals surface area contributed by atoms with E-state index < -0.39 is 129 Å². The normalized spacial score (nSPS) is 55.5. The first-order valence-corrected chi connectivity index (χ1v) is 23.5. The van der Waals surface area contributed by atoms with Gasteiger partial charge in [0.2, 0.25) is 0 Å². The summed E-state index contributed by atoms with van der Waals surface area (Å²) in [5.41, 5.74) is 0.442. The first-order valence-electron chi connectivity index (χ1n) is 23.5. The number of fused-ring (bicyclic) bond motifs is 7. The first kappa shape index (κ1) is 49.4. The average Bonchev–Trinajstić information content (AvgIpc) is 3.70. The van der Waals surface area contributed by atoms with Crippen LogP contribution < -0.4 is 0 Å². The van der Waals surface area contributed by atoms with E-state index in [0.29, 0.717) is 25.7 Å². The Morgan fingerprint density at radius 1 is 0.750 bits per heavy atom. The molecule has 4 heterocycles. The molecule has 8 aliphatic rings. The van der Waals surface area contributed by atoms with Crippen molar-refractivity contribution in [2.75, 3.05) is 19.8 Å². The van der Waals surface area contributed by atoms with Crippen molar-refractivity contribution in [2.24, 2.45) is 46.3 Å². The molecule has 4 saturated heterocycles. The Labute approximate surface area is 373 Å². The average molecular weight is 919 g/mol. The van der Waals surface area contributed by atoms with Crippen molar-refractivity contribution < 1.29 is 94.4 Å². The second-order valence-corrected chi connectivity index (χ2v) is 21.1. The zero-order chi connectivity index (χ0) is 46.4. The number of allylic oxidation sites excluding steroid dienone is 1. The van der Waals surface area contributed by atoms with Crippen molar-refractivity contribution in [3.63, 3.8) is 0 Å². The maximum Gasteiger partial charge on any atom is 0.187 e. The van der Waals surface area contributed by atoms with Gasteiger partial charge < -0.3 is 94.4 Å². The molecule has 0 spiro atoms. The Morgan fingerprint density at radius 3 is 2.05 bits per heavy atom. The highest BCUT2D eigenvalue weighted by Crippen LogP contribution is 2.70. The summed E-state index contributed by atoms with van der Waals surface area (Å²) in [4.78, 5) is 0. The maximum atomic E-state index is 12.2. The Morgan fingerprint density at radius 2 is 1.38 bits per heavy atom. The van der Waals surface area contributed by atoms with Crippen LogP contribution in [0, 0.1) is 46.3 Å². The fraction of sp³-hybridized carbons (Fsp3) is 0.956. The van der Waals surface area contributed by atoms with Crippen molar-refractivity contribution in [2.45, 2.75) is 202 Å². The lowest BCUT2D eigenvalue weighted by molar-refractivity contribution is -0.365. The standard InChI is InChI=1S/C45H74O19/c1-18(17-58-42-39(36(54)33(51)28(16-47)61-42)63-40-37(55)34(52)31(49)20(3)59-40)8-11-45(57)19(2)30-26(64-45)14-25-23-7-6-21-12-22(48)13-29(44(21,5)24(23)9-10-43(25,30)4)62-41-38(56)35(53)32(50)27(15-46)60-41/h6,18-20,22-42,46-57H,7-17H2,1-5H3/t18-,19+,20+,22-,23-,24+,25+,26+,27-,28-,29-,30+,31+,32-,33-,34-,35+,36+,37-,38-,39-,40+,41+,42-,43+,44+,45-/m1/s1. The fourth-order valence-electron chi connectivity index (χ4n) is 13.6. The molecular weight excluding hydrogens is 844 g/mol. The quantitative estimate of drug-likeness (QED) is 0.0956. The predicted molar refractivity (Wildman–Crippen MR) is 219 cm³/mol. The van der Waals surface area contributed by atoms with E-state index in [1.165, 1.54) is 6.92 Å². The Hall–Kier alpha value is -1.02. The highest BCUT2D eigenvalue weighted by molar-refractivity contribution is 5.28. The van der Waals surface area contributed by atoms with Gasteiger partial charge in [-0.3, -0.25) is 0 Å². The summed E-state index contributed by atoms with van der Waals surface area (Å²) in [6.45, 7) is 8.84. The van der Waals surface area contributed by atoms with Crippen LogP contribution in [-0.2, 0) is 33.2 Å². The SMILES string of the molecule is C[C@H](CC[C@@]1(O)O[C@H]2C[C@H]3[C@@H]4CC=C5C[C@@H](O)C[C@@H](O[C@@H]6O[C@H](CO)[C@@H](O)[C@H](O)[C@H]6O)[C@]5(C)[C@H]4CC[C@]3(C)[C@H]2[C@@H]1C)CO[C@@H]1O[C@H](CO)[C@@H](O)[C@H](O)[C@H]1O[C@@H]1O[C@@H](C)[C@H](O)[C@@H](O)[C@H]1O. The molecule has 0 aromatic carbocycles. The molecule has 3 saturated carbocycles. The van der Waals surface area contributed by atoms with Crippen LogP contribution >= 0.6 is 0 Å². The van der Waals surface area contributed by atoms with Crippen LogP contribution in [0.3, 0.4) is 0 Å². The van der Waals surface area contributed by atoms with Gasteiger partial charge in [0.1, 0.15) is 67.1 Å². The zero-order valence-corrected chi connectivity index (χ0v) is 37.4. The van der Waals surface area contributed by atoms with Gasteiger partial charge in [0.15, 0.2) is 24.7 Å². The van der Waals surface area contributed by atoms with Gasteiger partial charge in [-0.05, 0) is 80.5 Å². The third-order valence-corrected chi connectivity index (χ3v) is 17.4. The molecule has 19 heteroatoms. The lowest BCUT2D eigenvalue weighted by atomic mass is 9.46. The highest BCUT2D eigenvalue weighted by Gasteiger charge is 2.69. The molecule has 12 N–H and O–H groups in total. The van der Waals surface area contributed by atoms with E-state index in [9.17, 15) is 61.3 Å². The van der Waals surface area contributed by atoms with Crippen LogP contribution in [0.2, 0.25) is 0 Å². The van der Waals surface area contributed by atoms with Crippen molar-refractivity contribution in [1.82, 2.24) is 0 Å². The van der Waals surface area contributed by atoms with Crippen molar-refractivity contribution in [3.8, 4) is 0 Å². The molecule has 7 fully saturated rings. The minimum Gasteiger partial charge on any atom is -0.394 e. The molecule has 0 bridgehead atoms.